The van der Waals surface area contributed by atoms with Gasteiger partial charge in [-0.15, -0.1) is 34.0 Å². The van der Waals surface area contributed by atoms with Crippen LogP contribution in [0, 0.1) is 104 Å². The molecule has 0 aliphatic heterocycles. The molecule has 0 spiro atoms. The van der Waals surface area contributed by atoms with E-state index < -0.39 is 0 Å². The van der Waals surface area contributed by atoms with Crippen LogP contribution in [0.4, 0.5) is 0 Å². The number of nitrogens with one attached hydrogen (secondary N) is 3. The zero-order valence-corrected chi connectivity index (χ0v) is 60.5. The Morgan fingerprint density at radius 3 is 1.47 bits per heavy atom. The lowest BCUT2D eigenvalue weighted by Gasteiger charge is -1.89. The second kappa shape index (κ2) is 55.7. The van der Waals surface area contributed by atoms with Crippen molar-refractivity contribution in [3.8, 4) is 0 Å². The molecule has 0 radical (unpaired) electrons. The summed E-state index contributed by atoms with van der Waals surface area (Å²) in [5.74, 6) is 2.95. The number of thiophene rings is 3. The number of hydrogen-bond donors (Lipinski definition) is 3. The van der Waals surface area contributed by atoms with Crippen molar-refractivity contribution in [2.45, 2.75) is 130 Å². The van der Waals surface area contributed by atoms with Gasteiger partial charge in [-0.25, -0.2) is 4.98 Å². The molecule has 13 nitrogen and oxygen atoms in total. The monoisotopic (exact) mass is 1330 g/mol. The minimum Gasteiger partial charge on any atom is -0.472 e. The minimum absolute atomic E-state index is 0.961. The highest BCUT2D eigenvalue weighted by Crippen LogP contribution is 2.12. The van der Waals surface area contributed by atoms with Crippen LogP contribution in [0.15, 0.2) is 261 Å². The fraction of sp³-hybridized carbons (Fsp3) is 0.250. The lowest BCUT2D eigenvalue weighted by Crippen LogP contribution is -1.78. The number of rotatable bonds is 3. The number of aryl methyl sites for hydroxylation is 16. The summed E-state index contributed by atoms with van der Waals surface area (Å²) in [6.45, 7) is 32.5. The largest absolute Gasteiger partial charge is 0.472 e. The molecule has 0 atom stereocenters. The molecule has 0 aliphatic carbocycles. The molecule has 14 heterocycles. The summed E-state index contributed by atoms with van der Waals surface area (Å²) < 4.78 is 14.7. The highest BCUT2D eigenvalue weighted by molar-refractivity contribution is 7.10. The van der Waals surface area contributed by atoms with E-state index >= 15 is 0 Å². The number of unbranched alkanes of at least 4 members (excludes halogenated alkanes) is 1. The second-order valence-electron chi connectivity index (χ2n) is 20.2. The number of pyridine rings is 3. The van der Waals surface area contributed by atoms with Gasteiger partial charge in [-0.3, -0.25) is 29.9 Å². The third kappa shape index (κ3) is 52.2. The van der Waals surface area contributed by atoms with Gasteiger partial charge in [0.2, 0.25) is 0 Å². The molecule has 3 N–H and O–H groups in total. The standard InChI is InChI=1S/C9H14O.3C6H7N.C6H8S.C5H6N2.2C5H7N.2C5H6O.2C5H6S.C4H6N2.C4H5NS/c1-3-4-5-9-6-8(2)10-7-9;1-6-2-4-7-5-3-6;1-6-3-2-4-7-5-6;1-6-4-2-3-5-7-6;1-5-3-4-7-6(5)2;1-5-4-6-2-3-7-5;1-5-2-3-6-4-5;1-5-3-2-4-6-5;1-5-2-3-6-4-5;1-5-3-2-4-6-5;1-5-2-3-6-4-5;1-5-3-2-4-6-5;2*1-4-5-2-3-6-4/h6-7H,3-5H2,1-2H3;3*2-5H,1H3;3-4H,1-2H3;2-4H,1H3;2*2-4,6H,1H3;4*2-4H,1H3;2-3H,1H3,(H,5,6);2-3H,1H3. The minimum atomic E-state index is 0.961. The maximum absolute atomic E-state index is 5.16. The molecule has 0 saturated carbocycles. The number of aromatic nitrogens is 10. The summed E-state index contributed by atoms with van der Waals surface area (Å²) in [5.41, 5.74) is 12.3. The van der Waals surface area contributed by atoms with Gasteiger partial charge in [-0.1, -0.05) is 31.5 Å². The molecule has 17 heteroatoms. The summed E-state index contributed by atoms with van der Waals surface area (Å²) in [4.78, 5) is 38.9. The summed E-state index contributed by atoms with van der Waals surface area (Å²) in [5, 5.41) is 11.5. The predicted octanol–water partition coefficient (Wildman–Crippen LogP) is 22.4. The quantitative estimate of drug-likeness (QED) is 0.154. The Kier molecular flexibility index (Phi) is 49.0. The van der Waals surface area contributed by atoms with E-state index in [1.54, 1.807) is 126 Å². The number of hydrogen-bond acceptors (Lipinski definition) is 14. The first-order chi connectivity index (χ1) is 44.9. The molecule has 0 aliphatic rings. The SMILES string of the molecule is CCCCc1coc(C)c1.Cc1cc[nH]c1.Cc1ccc[nH]1.Cc1ccccn1.Cc1cccnc1.Cc1ccco1.Cc1cccs1.Cc1ccncc1.Cc1ccoc1.Cc1ccsc1.Cc1ccsc1C.Cc1cnccn1.Cc1ncc[nH]1.Cc1nccs1. The first-order valence-corrected chi connectivity index (χ1v) is 33.8. The van der Waals surface area contributed by atoms with Crippen LogP contribution in [0.2, 0.25) is 0 Å². The zero-order chi connectivity index (χ0) is 68.4. The average molecular weight is 1330 g/mol. The van der Waals surface area contributed by atoms with Crippen molar-refractivity contribution in [1.82, 2.24) is 49.8 Å². The van der Waals surface area contributed by atoms with E-state index in [2.05, 4.69) is 143 Å². The smallest absolute Gasteiger partial charge is 0.102 e. The van der Waals surface area contributed by atoms with E-state index in [9.17, 15) is 0 Å². The molecule has 494 valence electrons. The van der Waals surface area contributed by atoms with Gasteiger partial charge in [0.25, 0.3) is 0 Å². The molecule has 0 bridgehead atoms. The molecular weight excluding hydrogens is 1230 g/mol. The molecule has 0 unspecified atom stereocenters. The predicted molar refractivity (Wildman–Crippen MR) is 396 cm³/mol. The van der Waals surface area contributed by atoms with Gasteiger partial charge in [0, 0.05) is 113 Å². The van der Waals surface area contributed by atoms with E-state index in [1.165, 1.54) is 67.2 Å². The van der Waals surface area contributed by atoms with Gasteiger partial charge < -0.3 is 28.2 Å². The van der Waals surface area contributed by atoms with Crippen molar-refractivity contribution in [2.24, 2.45) is 0 Å². The van der Waals surface area contributed by atoms with E-state index in [1.807, 2.05) is 185 Å². The summed E-state index contributed by atoms with van der Waals surface area (Å²) >= 11 is 6.99. The summed E-state index contributed by atoms with van der Waals surface area (Å²) in [7, 11) is 0. The first kappa shape index (κ1) is 81.9. The molecule has 14 rings (SSSR count). The highest BCUT2D eigenvalue weighted by atomic mass is 32.1. The van der Waals surface area contributed by atoms with Crippen LogP contribution in [0.3, 0.4) is 0 Å². The number of thiazole rings is 1. The van der Waals surface area contributed by atoms with Gasteiger partial charge in [0.05, 0.1) is 35.8 Å². The average Bonchev–Trinajstić information content (AvgIpc) is 4.31. The van der Waals surface area contributed by atoms with Gasteiger partial charge in [0.1, 0.15) is 17.3 Å². The van der Waals surface area contributed by atoms with Crippen molar-refractivity contribution in [2.75, 3.05) is 0 Å². The first-order valence-electron chi connectivity index (χ1n) is 30.2. The van der Waals surface area contributed by atoms with Crippen molar-refractivity contribution in [1.29, 1.82) is 0 Å². The second-order valence-corrected chi connectivity index (χ2v) is 24.4. The number of furan rings is 3. The summed E-state index contributed by atoms with van der Waals surface area (Å²) in [6.07, 6.45) is 35.7. The van der Waals surface area contributed by atoms with E-state index in [4.69, 9.17) is 13.3 Å². The Balaban J connectivity index is 0.000000502. The molecule has 0 amide bonds. The molecular formula is C76H98N10O3S4. The normalized spacial score (nSPS) is 8.99. The Morgan fingerprint density at radius 1 is 0.452 bits per heavy atom. The summed E-state index contributed by atoms with van der Waals surface area (Å²) in [6, 6.07) is 36.0. The van der Waals surface area contributed by atoms with Crippen LogP contribution >= 0.6 is 45.3 Å². The van der Waals surface area contributed by atoms with Crippen LogP contribution in [-0.4, -0.2) is 49.8 Å². The van der Waals surface area contributed by atoms with E-state index in [0.717, 1.165) is 40.2 Å². The Hall–Kier alpha value is -9.13. The van der Waals surface area contributed by atoms with Crippen LogP contribution < -0.4 is 0 Å². The van der Waals surface area contributed by atoms with Crippen LogP contribution in [-0.2, 0) is 6.42 Å². The molecule has 14 aromatic heterocycles. The lowest BCUT2D eigenvalue weighted by atomic mass is 10.1. The molecule has 14 aromatic rings. The molecule has 0 saturated heterocycles. The van der Waals surface area contributed by atoms with Crippen molar-refractivity contribution >= 4 is 45.3 Å². The zero-order valence-electron chi connectivity index (χ0n) is 57.3. The fourth-order valence-electron chi connectivity index (χ4n) is 6.01. The molecule has 93 heavy (non-hydrogen) atoms. The third-order valence-electron chi connectivity index (χ3n) is 11.2. The van der Waals surface area contributed by atoms with Gasteiger partial charge in [0.15, 0.2) is 0 Å². The van der Waals surface area contributed by atoms with Crippen molar-refractivity contribution < 1.29 is 13.3 Å². The van der Waals surface area contributed by atoms with Crippen molar-refractivity contribution in [3.63, 3.8) is 0 Å². The van der Waals surface area contributed by atoms with Crippen LogP contribution in [0.5, 0.6) is 0 Å². The lowest BCUT2D eigenvalue weighted by molar-refractivity contribution is 0.531. The van der Waals surface area contributed by atoms with E-state index in [0.29, 0.717) is 0 Å². The van der Waals surface area contributed by atoms with Crippen molar-refractivity contribution in [3.05, 3.63) is 336 Å². The number of aromatic amines is 3. The van der Waals surface area contributed by atoms with Gasteiger partial charge in [-0.2, -0.15) is 11.3 Å². The van der Waals surface area contributed by atoms with Crippen LogP contribution in [0.1, 0.15) is 108 Å². The van der Waals surface area contributed by atoms with Gasteiger partial charge in [-0.05, 0) is 268 Å². The number of imidazole rings is 1. The highest BCUT2D eigenvalue weighted by Gasteiger charge is 1.95. The molecule has 0 aromatic carbocycles. The Morgan fingerprint density at radius 2 is 1.24 bits per heavy atom. The maximum Gasteiger partial charge on any atom is 0.102 e. The number of H-pyrrole nitrogens is 3. The third-order valence-corrected chi connectivity index (χ3v) is 14.5. The Bertz CT molecular complexity index is 3080. The number of nitrogens with zero attached hydrogens (tertiary/aromatic N) is 7. The maximum atomic E-state index is 5.16. The fourth-order valence-corrected chi connectivity index (χ4v) is 8.37. The topological polar surface area (TPSA) is 177 Å². The van der Waals surface area contributed by atoms with E-state index in [-0.39, 0.29) is 0 Å². The molecule has 0 fully saturated rings. The Labute approximate surface area is 570 Å². The van der Waals surface area contributed by atoms with Crippen LogP contribution in [0.25, 0.3) is 0 Å². The van der Waals surface area contributed by atoms with Gasteiger partial charge >= 0.3 is 0 Å².